The lowest BCUT2D eigenvalue weighted by molar-refractivity contribution is -0.154. The molecule has 10 heteroatoms. The first kappa shape index (κ1) is 21.1. The summed E-state index contributed by atoms with van der Waals surface area (Å²) in [5, 5.41) is 3.01. The molecule has 0 radical (unpaired) electrons. The van der Waals surface area contributed by atoms with Crippen LogP contribution < -0.4 is 14.8 Å². The minimum absolute atomic E-state index is 0.0865. The molecule has 0 aliphatic rings. The van der Waals surface area contributed by atoms with E-state index in [1.807, 2.05) is 0 Å². The number of nitrogens with zero attached hydrogens (tertiary/aromatic N) is 1. The highest BCUT2D eigenvalue weighted by molar-refractivity contribution is 6.42. The van der Waals surface area contributed by atoms with Crippen molar-refractivity contribution in [3.05, 3.63) is 52.1 Å². The molecule has 2 aromatic rings. The first-order chi connectivity index (χ1) is 12.7. The monoisotopic (exact) mass is 422 g/mol. The van der Waals surface area contributed by atoms with Crippen molar-refractivity contribution in [3.63, 3.8) is 0 Å². The third kappa shape index (κ3) is 6.48. The second-order valence-electron chi connectivity index (χ2n) is 5.40. The normalized spacial score (nSPS) is 12.4. The Morgan fingerprint density at radius 3 is 2.70 bits per heavy atom. The number of hydrogen-bond donors (Lipinski definition) is 1. The summed E-state index contributed by atoms with van der Waals surface area (Å²) in [6, 6.07) is 7.77. The van der Waals surface area contributed by atoms with Crippen LogP contribution in [-0.2, 0) is 11.3 Å². The summed E-state index contributed by atoms with van der Waals surface area (Å²) in [5.41, 5.74) is 0.295. The standard InChI is InChI=1S/C17H15Cl2F3N2O3/c1-10(27-13-6-2-5-12(18)14(13)19)15(25)24-8-11-4-3-7-23-16(11)26-9-17(20,21)22/h2-7,10H,8-9H2,1H3,(H,24,25)/t10-/m1/s1. The highest BCUT2D eigenvalue weighted by Crippen LogP contribution is 2.32. The fourth-order valence-electron chi connectivity index (χ4n) is 1.98. The Labute approximate surface area is 163 Å². The Hall–Kier alpha value is -2.19. The number of carbonyl (C=O) groups is 1. The van der Waals surface area contributed by atoms with Crippen LogP contribution in [0.3, 0.4) is 0 Å². The number of ether oxygens (including phenoxy) is 2. The van der Waals surface area contributed by atoms with Crippen LogP contribution in [0.4, 0.5) is 13.2 Å². The van der Waals surface area contributed by atoms with Gasteiger partial charge in [-0.05, 0) is 25.1 Å². The highest BCUT2D eigenvalue weighted by Gasteiger charge is 2.29. The molecule has 0 spiro atoms. The van der Waals surface area contributed by atoms with Gasteiger partial charge in [0.05, 0.1) is 5.02 Å². The largest absolute Gasteiger partial charge is 0.479 e. The van der Waals surface area contributed by atoms with E-state index in [0.717, 1.165) is 0 Å². The molecule has 146 valence electrons. The maximum Gasteiger partial charge on any atom is 0.422 e. The van der Waals surface area contributed by atoms with Gasteiger partial charge in [0.15, 0.2) is 12.7 Å². The zero-order valence-corrected chi connectivity index (χ0v) is 15.5. The van der Waals surface area contributed by atoms with Crippen molar-refractivity contribution in [3.8, 4) is 11.6 Å². The SMILES string of the molecule is C[C@@H](Oc1cccc(Cl)c1Cl)C(=O)NCc1cccnc1OCC(F)(F)F. The smallest absolute Gasteiger partial charge is 0.422 e. The van der Waals surface area contributed by atoms with E-state index in [1.165, 1.54) is 25.3 Å². The van der Waals surface area contributed by atoms with Gasteiger partial charge in [-0.1, -0.05) is 35.3 Å². The zero-order valence-electron chi connectivity index (χ0n) is 14.0. The van der Waals surface area contributed by atoms with Gasteiger partial charge in [-0.3, -0.25) is 4.79 Å². The van der Waals surface area contributed by atoms with Gasteiger partial charge in [-0.2, -0.15) is 13.2 Å². The van der Waals surface area contributed by atoms with Gasteiger partial charge in [0.2, 0.25) is 5.88 Å². The quantitative estimate of drug-likeness (QED) is 0.717. The summed E-state index contributed by atoms with van der Waals surface area (Å²) < 4.78 is 47.0. The van der Waals surface area contributed by atoms with Gasteiger partial charge in [0, 0.05) is 18.3 Å². The minimum atomic E-state index is -4.49. The van der Waals surface area contributed by atoms with Crippen LogP contribution in [0.2, 0.25) is 10.0 Å². The fourth-order valence-corrected chi connectivity index (χ4v) is 2.32. The van der Waals surface area contributed by atoms with E-state index < -0.39 is 24.8 Å². The number of hydrogen-bond acceptors (Lipinski definition) is 4. The number of pyridine rings is 1. The van der Waals surface area contributed by atoms with E-state index >= 15 is 0 Å². The average Bonchev–Trinajstić information content (AvgIpc) is 2.61. The van der Waals surface area contributed by atoms with Crippen LogP contribution in [0.25, 0.3) is 0 Å². The number of halogens is 5. The van der Waals surface area contributed by atoms with E-state index in [2.05, 4.69) is 15.0 Å². The van der Waals surface area contributed by atoms with E-state index in [9.17, 15) is 18.0 Å². The molecule has 0 bridgehead atoms. The molecule has 1 heterocycles. The number of amides is 1. The molecular weight excluding hydrogens is 408 g/mol. The molecule has 0 saturated heterocycles. The summed E-state index contributed by atoms with van der Waals surface area (Å²) in [7, 11) is 0. The molecule has 1 aromatic heterocycles. The lowest BCUT2D eigenvalue weighted by Gasteiger charge is -2.17. The van der Waals surface area contributed by atoms with E-state index in [0.29, 0.717) is 5.56 Å². The molecule has 2 rings (SSSR count). The molecule has 1 atom stereocenters. The van der Waals surface area contributed by atoms with Crippen molar-refractivity contribution in [1.82, 2.24) is 10.3 Å². The maximum atomic E-state index is 12.3. The Balaban J connectivity index is 1.96. The van der Waals surface area contributed by atoms with Crippen LogP contribution in [0.15, 0.2) is 36.5 Å². The van der Waals surface area contributed by atoms with E-state index in [4.69, 9.17) is 27.9 Å². The van der Waals surface area contributed by atoms with Crippen LogP contribution in [0.1, 0.15) is 12.5 Å². The number of carbonyl (C=O) groups excluding carboxylic acids is 1. The lowest BCUT2D eigenvalue weighted by Crippen LogP contribution is -2.36. The Morgan fingerprint density at radius 2 is 2.00 bits per heavy atom. The van der Waals surface area contributed by atoms with Gasteiger partial charge in [0.25, 0.3) is 5.91 Å². The number of nitrogens with one attached hydrogen (secondary N) is 1. The van der Waals surface area contributed by atoms with Crippen LogP contribution >= 0.6 is 23.2 Å². The first-order valence-corrected chi connectivity index (χ1v) is 8.45. The van der Waals surface area contributed by atoms with Crippen molar-refractivity contribution < 1.29 is 27.4 Å². The second kappa shape index (κ2) is 9.14. The Morgan fingerprint density at radius 1 is 1.26 bits per heavy atom. The summed E-state index contributed by atoms with van der Waals surface area (Å²) in [6.45, 7) is -0.0640. The van der Waals surface area contributed by atoms with E-state index in [1.54, 1.807) is 18.2 Å². The molecular formula is C17H15Cl2F3N2O3. The molecule has 0 unspecified atom stereocenters. The number of benzene rings is 1. The predicted molar refractivity (Wildman–Crippen MR) is 94.2 cm³/mol. The third-order valence-corrected chi connectivity index (χ3v) is 4.07. The molecule has 5 nitrogen and oxygen atoms in total. The summed E-state index contributed by atoms with van der Waals surface area (Å²) >= 11 is 11.9. The second-order valence-corrected chi connectivity index (χ2v) is 6.19. The molecule has 1 aromatic carbocycles. The van der Waals surface area contributed by atoms with Crippen molar-refractivity contribution in [1.29, 1.82) is 0 Å². The maximum absolute atomic E-state index is 12.3. The fraction of sp³-hybridized carbons (Fsp3) is 0.294. The van der Waals surface area contributed by atoms with Gasteiger partial charge in [-0.15, -0.1) is 0 Å². The van der Waals surface area contributed by atoms with Crippen LogP contribution in [-0.4, -0.2) is 29.8 Å². The van der Waals surface area contributed by atoms with Gasteiger partial charge in [0.1, 0.15) is 10.8 Å². The van der Waals surface area contributed by atoms with Crippen LogP contribution in [0, 0.1) is 0 Å². The average molecular weight is 423 g/mol. The minimum Gasteiger partial charge on any atom is -0.479 e. The van der Waals surface area contributed by atoms with Crippen molar-refractivity contribution in [2.75, 3.05) is 6.61 Å². The number of rotatable bonds is 7. The Kier molecular flexibility index (Phi) is 7.15. The third-order valence-electron chi connectivity index (χ3n) is 3.26. The van der Waals surface area contributed by atoms with Gasteiger partial charge < -0.3 is 14.8 Å². The number of alkyl halides is 3. The molecule has 1 N–H and O–H groups in total. The molecule has 0 aliphatic carbocycles. The lowest BCUT2D eigenvalue weighted by atomic mass is 10.2. The van der Waals surface area contributed by atoms with Gasteiger partial charge >= 0.3 is 6.18 Å². The van der Waals surface area contributed by atoms with Crippen molar-refractivity contribution in [2.24, 2.45) is 0 Å². The van der Waals surface area contributed by atoms with E-state index in [-0.39, 0.29) is 28.2 Å². The Bertz CT molecular complexity index is 803. The van der Waals surface area contributed by atoms with Crippen molar-refractivity contribution >= 4 is 29.1 Å². The number of aromatic nitrogens is 1. The highest BCUT2D eigenvalue weighted by atomic mass is 35.5. The molecule has 0 aliphatic heterocycles. The van der Waals surface area contributed by atoms with Crippen molar-refractivity contribution in [2.45, 2.75) is 25.7 Å². The molecule has 1 amide bonds. The molecule has 27 heavy (non-hydrogen) atoms. The predicted octanol–water partition coefficient (Wildman–Crippen LogP) is 4.41. The zero-order chi connectivity index (χ0) is 20.0. The summed E-state index contributed by atoms with van der Waals surface area (Å²) in [6.07, 6.45) is -4.11. The van der Waals surface area contributed by atoms with Gasteiger partial charge in [-0.25, -0.2) is 4.98 Å². The van der Waals surface area contributed by atoms with Crippen LogP contribution in [0.5, 0.6) is 11.6 Å². The summed E-state index contributed by atoms with van der Waals surface area (Å²) in [4.78, 5) is 15.9. The molecule has 0 saturated carbocycles. The first-order valence-electron chi connectivity index (χ1n) is 7.69. The summed E-state index contributed by atoms with van der Waals surface area (Å²) in [5.74, 6) is -0.472. The topological polar surface area (TPSA) is 60.5 Å². The molecule has 0 fully saturated rings.